The van der Waals surface area contributed by atoms with E-state index in [-0.39, 0.29) is 0 Å². The van der Waals surface area contributed by atoms with Crippen molar-refractivity contribution in [3.63, 3.8) is 0 Å². The van der Waals surface area contributed by atoms with Crippen LogP contribution in [0.25, 0.3) is 66.1 Å². The molecule has 8 rings (SSSR count). The van der Waals surface area contributed by atoms with Crippen LogP contribution in [0.4, 0.5) is 0 Å². The Morgan fingerprint density at radius 3 is 1.34 bits per heavy atom. The highest BCUT2D eigenvalue weighted by Gasteiger charge is 2.16. The molecule has 0 atom stereocenters. The molecule has 194 valence electrons. The van der Waals surface area contributed by atoms with Crippen LogP contribution in [0.3, 0.4) is 0 Å². The van der Waals surface area contributed by atoms with E-state index in [0.29, 0.717) is 5.46 Å². The molecule has 0 amide bonds. The Labute approximate surface area is 237 Å². The number of hydrogen-bond acceptors (Lipinski definition) is 2. The van der Waals surface area contributed by atoms with Crippen LogP contribution < -0.4 is 5.46 Å². The van der Waals surface area contributed by atoms with Gasteiger partial charge in [-0.05, 0) is 77.3 Å². The second kappa shape index (κ2) is 9.24. The van der Waals surface area contributed by atoms with Gasteiger partial charge in [0.15, 0.2) is 0 Å². The fraction of sp³-hybridized carbons (Fsp3) is 0. The third-order valence-corrected chi connectivity index (χ3v) is 8.14. The van der Waals surface area contributed by atoms with Gasteiger partial charge in [-0.2, -0.15) is 0 Å². The third kappa shape index (κ3) is 3.71. The third-order valence-electron chi connectivity index (χ3n) is 8.14. The van der Waals surface area contributed by atoms with Gasteiger partial charge in [-0.1, -0.05) is 78.9 Å². The second-order valence-corrected chi connectivity index (χ2v) is 10.5. The average Bonchev–Trinajstić information content (AvgIpc) is 3.54. The fourth-order valence-corrected chi connectivity index (χ4v) is 6.23. The highest BCUT2D eigenvalue weighted by atomic mass is 16.4. The summed E-state index contributed by atoms with van der Waals surface area (Å²) < 4.78 is 4.57. The Kier molecular flexibility index (Phi) is 5.35. The smallest absolute Gasteiger partial charge is 0.423 e. The zero-order valence-electron chi connectivity index (χ0n) is 22.1. The van der Waals surface area contributed by atoms with E-state index >= 15 is 0 Å². The molecule has 0 saturated heterocycles. The molecule has 0 aliphatic rings. The first kappa shape index (κ1) is 23.8. The molecule has 0 spiro atoms. The van der Waals surface area contributed by atoms with E-state index in [2.05, 4.69) is 124 Å². The molecular formula is C36H25BN2O2. The van der Waals surface area contributed by atoms with Crippen molar-refractivity contribution in [3.8, 4) is 22.5 Å². The molecule has 0 fully saturated rings. The van der Waals surface area contributed by atoms with E-state index in [0.717, 1.165) is 28.0 Å². The zero-order chi connectivity index (χ0) is 27.5. The first-order valence-electron chi connectivity index (χ1n) is 13.8. The van der Waals surface area contributed by atoms with Crippen LogP contribution in [0.1, 0.15) is 0 Å². The van der Waals surface area contributed by atoms with Crippen molar-refractivity contribution in [3.05, 3.63) is 140 Å². The number of rotatable bonds is 4. The van der Waals surface area contributed by atoms with E-state index in [4.69, 9.17) is 0 Å². The van der Waals surface area contributed by atoms with Crippen LogP contribution in [-0.2, 0) is 0 Å². The van der Waals surface area contributed by atoms with E-state index in [9.17, 15) is 10.0 Å². The van der Waals surface area contributed by atoms with Crippen LogP contribution in [0.5, 0.6) is 0 Å². The molecule has 4 nitrogen and oxygen atoms in total. The van der Waals surface area contributed by atoms with Crippen molar-refractivity contribution < 1.29 is 10.0 Å². The predicted molar refractivity (Wildman–Crippen MR) is 170 cm³/mol. The minimum Gasteiger partial charge on any atom is -0.423 e. The van der Waals surface area contributed by atoms with Gasteiger partial charge < -0.3 is 19.2 Å². The normalized spacial score (nSPS) is 11.7. The van der Waals surface area contributed by atoms with Gasteiger partial charge in [0.1, 0.15) is 0 Å². The lowest BCUT2D eigenvalue weighted by Crippen LogP contribution is -2.29. The maximum atomic E-state index is 9.56. The molecule has 6 aromatic carbocycles. The fourth-order valence-electron chi connectivity index (χ4n) is 6.23. The van der Waals surface area contributed by atoms with Crippen LogP contribution in [0, 0.1) is 0 Å². The molecule has 8 aromatic rings. The van der Waals surface area contributed by atoms with E-state index in [1.807, 2.05) is 12.1 Å². The van der Waals surface area contributed by atoms with Gasteiger partial charge >= 0.3 is 7.12 Å². The number of hydrogen-bond donors (Lipinski definition) is 2. The minimum atomic E-state index is -1.48. The quantitative estimate of drug-likeness (QED) is 0.237. The maximum absolute atomic E-state index is 9.56. The van der Waals surface area contributed by atoms with Crippen molar-refractivity contribution in [1.82, 2.24) is 9.13 Å². The summed E-state index contributed by atoms with van der Waals surface area (Å²) in [5.74, 6) is 0. The molecule has 41 heavy (non-hydrogen) atoms. The van der Waals surface area contributed by atoms with Crippen molar-refractivity contribution in [2.75, 3.05) is 0 Å². The van der Waals surface area contributed by atoms with E-state index < -0.39 is 7.12 Å². The zero-order valence-corrected chi connectivity index (χ0v) is 22.1. The predicted octanol–water partition coefficient (Wildman–Crippen LogP) is 7.23. The van der Waals surface area contributed by atoms with Gasteiger partial charge in [-0.15, -0.1) is 0 Å². The lowest BCUT2D eigenvalue weighted by atomic mass is 9.80. The summed E-state index contributed by atoms with van der Waals surface area (Å²) >= 11 is 0. The molecule has 0 bridgehead atoms. The molecule has 0 aliphatic heterocycles. The first-order valence-corrected chi connectivity index (χ1v) is 13.8. The summed E-state index contributed by atoms with van der Waals surface area (Å²) in [6.07, 6.45) is 0. The van der Waals surface area contributed by atoms with Crippen LogP contribution >= 0.6 is 0 Å². The monoisotopic (exact) mass is 528 g/mol. The Morgan fingerprint density at radius 2 is 0.829 bits per heavy atom. The van der Waals surface area contributed by atoms with Crippen molar-refractivity contribution in [2.45, 2.75) is 0 Å². The topological polar surface area (TPSA) is 50.3 Å². The van der Waals surface area contributed by atoms with Gasteiger partial charge in [0.25, 0.3) is 0 Å². The Balaban J connectivity index is 1.32. The summed E-state index contributed by atoms with van der Waals surface area (Å²) in [7, 11) is -1.48. The summed E-state index contributed by atoms with van der Waals surface area (Å²) in [6.45, 7) is 0. The van der Waals surface area contributed by atoms with Gasteiger partial charge in [-0.3, -0.25) is 0 Å². The van der Waals surface area contributed by atoms with Crippen molar-refractivity contribution in [2.24, 2.45) is 0 Å². The van der Waals surface area contributed by atoms with Crippen LogP contribution in [-0.4, -0.2) is 26.3 Å². The molecular weight excluding hydrogens is 503 g/mol. The summed E-state index contributed by atoms with van der Waals surface area (Å²) in [6, 6.07) is 48.4. The molecule has 2 N–H and O–H groups in total. The van der Waals surface area contributed by atoms with Crippen molar-refractivity contribution >= 4 is 56.2 Å². The van der Waals surface area contributed by atoms with Gasteiger partial charge in [-0.25, -0.2) is 0 Å². The highest BCUT2D eigenvalue weighted by molar-refractivity contribution is 6.58. The summed E-state index contributed by atoms with van der Waals surface area (Å²) in [4.78, 5) is 0. The molecule has 0 radical (unpaired) electrons. The second-order valence-electron chi connectivity index (χ2n) is 10.5. The average molecular weight is 528 g/mol. The van der Waals surface area contributed by atoms with Crippen molar-refractivity contribution in [1.29, 1.82) is 0 Å². The molecule has 0 saturated carbocycles. The Morgan fingerprint density at radius 1 is 0.390 bits per heavy atom. The lowest BCUT2D eigenvalue weighted by molar-refractivity contribution is 0.426. The van der Waals surface area contributed by atoms with Gasteiger partial charge in [0, 0.05) is 32.9 Å². The summed E-state index contributed by atoms with van der Waals surface area (Å²) in [5.41, 5.74) is 9.55. The van der Waals surface area contributed by atoms with Gasteiger partial charge in [0.05, 0.1) is 22.1 Å². The van der Waals surface area contributed by atoms with E-state index in [1.165, 1.54) is 38.1 Å². The highest BCUT2D eigenvalue weighted by Crippen LogP contribution is 2.38. The first-order chi connectivity index (χ1) is 20.2. The van der Waals surface area contributed by atoms with Crippen LogP contribution in [0.15, 0.2) is 140 Å². The molecule has 2 heterocycles. The summed E-state index contributed by atoms with van der Waals surface area (Å²) in [5, 5.41) is 23.9. The number of aromatic nitrogens is 2. The largest absolute Gasteiger partial charge is 0.488 e. The lowest BCUT2D eigenvalue weighted by Gasteiger charge is -2.10. The molecule has 0 unspecified atom stereocenters. The number of fused-ring (bicyclic) bond motifs is 6. The van der Waals surface area contributed by atoms with Gasteiger partial charge in [0.2, 0.25) is 0 Å². The minimum absolute atomic E-state index is 0.473. The number of benzene rings is 6. The maximum Gasteiger partial charge on any atom is 0.488 e. The Hall–Kier alpha value is -5.10. The Bertz CT molecular complexity index is 2230. The SMILES string of the molecule is OB(O)c1ccc(-n2c3ccccc3c3cc(-c4ccc5c(c4)c4ccccc4n5-c4ccccc4)ccc32)cc1. The number of para-hydroxylation sites is 3. The standard InChI is InChI=1S/C36H25BN2O2/c40-37(41)26-16-18-28(19-17-26)39-34-13-7-5-11-30(34)32-23-25(15-21-36(32)39)24-14-20-35-31(22-24)29-10-4-6-12-33(29)38(35)27-8-2-1-3-9-27/h1-23,40-41H. The van der Waals surface area contributed by atoms with Crippen LogP contribution in [0.2, 0.25) is 0 Å². The van der Waals surface area contributed by atoms with E-state index in [1.54, 1.807) is 12.1 Å². The number of nitrogens with zero attached hydrogens (tertiary/aromatic N) is 2. The molecule has 0 aliphatic carbocycles. The molecule has 5 heteroatoms. The molecule has 2 aromatic heterocycles.